The molecule has 0 spiro atoms. The third-order valence-corrected chi connectivity index (χ3v) is 5.41. The Balaban J connectivity index is 1.66. The molecule has 1 saturated heterocycles. The number of hydrogen-bond donors (Lipinski definition) is 3. The molecule has 0 saturated carbocycles. The highest BCUT2D eigenvalue weighted by molar-refractivity contribution is 5.63. The summed E-state index contributed by atoms with van der Waals surface area (Å²) in [5, 5.41) is 29.5. The molecule has 3 aromatic rings. The average Bonchev–Trinajstić information content (AvgIpc) is 3.06. The summed E-state index contributed by atoms with van der Waals surface area (Å²) in [4.78, 5) is 29.7. The maximum atomic E-state index is 13.0. The van der Waals surface area contributed by atoms with Crippen LogP contribution in [0.4, 0.5) is 0 Å². The van der Waals surface area contributed by atoms with Crippen LogP contribution in [0.3, 0.4) is 0 Å². The normalized spacial score (nSPS) is 23.2. The van der Waals surface area contributed by atoms with Crippen molar-refractivity contribution >= 4 is 0 Å². The van der Waals surface area contributed by atoms with Crippen molar-refractivity contribution in [1.29, 1.82) is 0 Å². The van der Waals surface area contributed by atoms with Gasteiger partial charge in [0.1, 0.15) is 18.3 Å². The summed E-state index contributed by atoms with van der Waals surface area (Å²) in [6, 6.07) is 12.8. The van der Waals surface area contributed by atoms with Crippen molar-refractivity contribution in [2.45, 2.75) is 38.0 Å². The van der Waals surface area contributed by atoms with Gasteiger partial charge in [0.05, 0.1) is 18.8 Å². The fraction of sp³-hybridized carbons (Fsp3) is 0.318. The van der Waals surface area contributed by atoms with E-state index in [-0.39, 0.29) is 6.54 Å². The first-order valence-corrected chi connectivity index (χ1v) is 9.85. The predicted octanol–water partition coefficient (Wildman–Crippen LogP) is 0.0402. The van der Waals surface area contributed by atoms with Crippen molar-refractivity contribution in [2.75, 3.05) is 6.61 Å². The van der Waals surface area contributed by atoms with Crippen LogP contribution in [-0.4, -0.2) is 54.4 Å². The van der Waals surface area contributed by atoms with Crippen molar-refractivity contribution in [3.05, 3.63) is 87.0 Å². The second kappa shape index (κ2) is 8.56. The van der Waals surface area contributed by atoms with E-state index in [2.05, 4.69) is 4.98 Å². The van der Waals surface area contributed by atoms with Gasteiger partial charge < -0.3 is 20.1 Å². The minimum absolute atomic E-state index is 0.0764. The second-order valence-electron chi connectivity index (χ2n) is 7.56. The molecule has 4 rings (SSSR count). The van der Waals surface area contributed by atoms with Crippen LogP contribution < -0.4 is 11.2 Å². The summed E-state index contributed by atoms with van der Waals surface area (Å²) in [5.74, 6) is 0. The second-order valence-corrected chi connectivity index (χ2v) is 7.56. The Morgan fingerprint density at radius 2 is 1.77 bits per heavy atom. The fourth-order valence-corrected chi connectivity index (χ4v) is 3.63. The number of ether oxygens (including phenoxy) is 1. The highest BCUT2D eigenvalue weighted by Gasteiger charge is 2.43. The van der Waals surface area contributed by atoms with Gasteiger partial charge in [-0.1, -0.05) is 29.8 Å². The van der Waals surface area contributed by atoms with E-state index < -0.39 is 42.4 Å². The first kappa shape index (κ1) is 21.1. The smallest absolute Gasteiger partial charge is 0.333 e. The molecular formula is C22H23N3O6. The molecule has 31 heavy (non-hydrogen) atoms. The van der Waals surface area contributed by atoms with Crippen LogP contribution in [0, 0.1) is 6.92 Å². The largest absolute Gasteiger partial charge is 0.394 e. The number of aryl methyl sites for hydroxylation is 1. The molecule has 2 aromatic heterocycles. The first-order valence-electron chi connectivity index (χ1n) is 9.85. The lowest BCUT2D eigenvalue weighted by molar-refractivity contribution is -0.0555. The van der Waals surface area contributed by atoms with Crippen LogP contribution in [0.2, 0.25) is 0 Å². The maximum Gasteiger partial charge on any atom is 0.333 e. The zero-order chi connectivity index (χ0) is 22.1. The fourth-order valence-electron chi connectivity index (χ4n) is 3.63. The van der Waals surface area contributed by atoms with E-state index in [0.717, 1.165) is 25.8 Å². The Kier molecular flexibility index (Phi) is 5.84. The molecule has 4 atom stereocenters. The molecule has 0 bridgehead atoms. The van der Waals surface area contributed by atoms with Crippen LogP contribution in [0.5, 0.6) is 0 Å². The highest BCUT2D eigenvalue weighted by Crippen LogP contribution is 2.28. The minimum atomic E-state index is -1.43. The van der Waals surface area contributed by atoms with Gasteiger partial charge in [0.15, 0.2) is 6.23 Å². The SMILES string of the molecule is Cc1ccc(-c2ccnc(Cn3c(=O)ccn([C@@H]4O[C@H](CO)C(O)C4O)c3=O)c2)cc1. The van der Waals surface area contributed by atoms with E-state index in [1.165, 1.54) is 12.3 Å². The van der Waals surface area contributed by atoms with Gasteiger partial charge in [0.2, 0.25) is 0 Å². The molecular weight excluding hydrogens is 402 g/mol. The number of benzene rings is 1. The van der Waals surface area contributed by atoms with E-state index >= 15 is 0 Å². The lowest BCUT2D eigenvalue weighted by Crippen LogP contribution is -2.43. The minimum Gasteiger partial charge on any atom is -0.394 e. The third kappa shape index (κ3) is 4.08. The molecule has 0 aliphatic carbocycles. The van der Waals surface area contributed by atoms with E-state index in [1.54, 1.807) is 12.3 Å². The van der Waals surface area contributed by atoms with Crippen LogP contribution in [-0.2, 0) is 11.3 Å². The first-order chi connectivity index (χ1) is 14.9. The summed E-state index contributed by atoms with van der Waals surface area (Å²) < 4.78 is 7.43. The van der Waals surface area contributed by atoms with Crippen molar-refractivity contribution in [2.24, 2.45) is 0 Å². The summed E-state index contributed by atoms with van der Waals surface area (Å²) in [6.45, 7) is 1.41. The zero-order valence-electron chi connectivity index (χ0n) is 16.8. The number of nitrogens with zero attached hydrogens (tertiary/aromatic N) is 3. The lowest BCUT2D eigenvalue weighted by atomic mass is 10.0. The molecule has 162 valence electrons. The number of pyridine rings is 1. The summed E-state index contributed by atoms with van der Waals surface area (Å²) in [5.41, 5.74) is 2.28. The molecule has 2 unspecified atom stereocenters. The topological polar surface area (TPSA) is 127 Å². The zero-order valence-corrected chi connectivity index (χ0v) is 16.8. The summed E-state index contributed by atoms with van der Waals surface area (Å²) in [6.07, 6.45) is -2.21. The molecule has 9 heteroatoms. The van der Waals surface area contributed by atoms with Gasteiger partial charge >= 0.3 is 5.69 Å². The number of aliphatic hydroxyl groups is 3. The summed E-state index contributed by atoms with van der Waals surface area (Å²) >= 11 is 0. The van der Waals surface area contributed by atoms with Crippen LogP contribution in [0.25, 0.3) is 11.1 Å². The molecule has 0 radical (unpaired) electrons. The van der Waals surface area contributed by atoms with E-state index in [1.807, 2.05) is 37.3 Å². The number of hydrogen-bond acceptors (Lipinski definition) is 7. The lowest BCUT2D eigenvalue weighted by Gasteiger charge is -2.18. The van der Waals surface area contributed by atoms with Gasteiger partial charge in [0, 0.05) is 18.5 Å². The molecule has 1 aliphatic heterocycles. The number of rotatable bonds is 5. The Labute approximate surface area is 177 Å². The van der Waals surface area contributed by atoms with Gasteiger partial charge in [0.25, 0.3) is 5.56 Å². The van der Waals surface area contributed by atoms with Gasteiger partial charge in [-0.05, 0) is 30.2 Å². The molecule has 3 heterocycles. The standard InChI is InChI=1S/C22H23N3O6/c1-13-2-4-14(5-3-13)15-6-8-23-16(10-15)11-25-18(27)7-9-24(22(25)30)21-20(29)19(28)17(12-26)31-21/h2-10,17,19-21,26,28-29H,11-12H2,1H3/t17-,19?,20?,21-/m1/s1. The molecule has 0 amide bonds. The highest BCUT2D eigenvalue weighted by atomic mass is 16.6. The van der Waals surface area contributed by atoms with Crippen molar-refractivity contribution in [3.63, 3.8) is 0 Å². The van der Waals surface area contributed by atoms with Crippen molar-refractivity contribution in [3.8, 4) is 11.1 Å². The number of aliphatic hydroxyl groups excluding tert-OH is 3. The van der Waals surface area contributed by atoms with E-state index in [0.29, 0.717) is 5.69 Å². The average molecular weight is 425 g/mol. The van der Waals surface area contributed by atoms with Crippen molar-refractivity contribution in [1.82, 2.24) is 14.1 Å². The molecule has 1 aliphatic rings. The molecule has 9 nitrogen and oxygen atoms in total. The van der Waals surface area contributed by atoms with E-state index in [4.69, 9.17) is 4.74 Å². The summed E-state index contributed by atoms with van der Waals surface area (Å²) in [7, 11) is 0. The van der Waals surface area contributed by atoms with Crippen LogP contribution in [0.1, 0.15) is 17.5 Å². The predicted molar refractivity (Wildman–Crippen MR) is 111 cm³/mol. The Morgan fingerprint density at radius 3 is 2.45 bits per heavy atom. The molecule has 3 N–H and O–H groups in total. The van der Waals surface area contributed by atoms with Gasteiger partial charge in [-0.25, -0.2) is 4.79 Å². The monoisotopic (exact) mass is 425 g/mol. The van der Waals surface area contributed by atoms with Gasteiger partial charge in [-0.2, -0.15) is 0 Å². The Hall–Kier alpha value is -3.11. The maximum absolute atomic E-state index is 13.0. The van der Waals surface area contributed by atoms with E-state index in [9.17, 15) is 24.9 Å². The van der Waals surface area contributed by atoms with Crippen LogP contribution >= 0.6 is 0 Å². The van der Waals surface area contributed by atoms with Gasteiger partial charge in [-0.15, -0.1) is 0 Å². The van der Waals surface area contributed by atoms with Crippen LogP contribution in [0.15, 0.2) is 64.4 Å². The van der Waals surface area contributed by atoms with Crippen molar-refractivity contribution < 1.29 is 20.1 Å². The Morgan fingerprint density at radius 1 is 1.03 bits per heavy atom. The Bertz CT molecular complexity index is 1190. The quantitative estimate of drug-likeness (QED) is 0.527. The molecule has 1 fully saturated rings. The third-order valence-electron chi connectivity index (χ3n) is 5.41. The molecule has 1 aromatic carbocycles. The van der Waals surface area contributed by atoms with Gasteiger partial charge in [-0.3, -0.25) is 18.9 Å². The number of aromatic nitrogens is 3.